The lowest BCUT2D eigenvalue weighted by Gasteiger charge is -2.31. The molecule has 0 aromatic heterocycles. The molecule has 2 rings (SSSR count). The maximum Gasteiger partial charge on any atom is 0.317 e. The van der Waals surface area contributed by atoms with E-state index in [0.29, 0.717) is 11.8 Å². The summed E-state index contributed by atoms with van der Waals surface area (Å²) in [6, 6.07) is 0.565. The number of likely N-dealkylation sites (N-methyl/N-ethyl adjacent to an activating group) is 1. The predicted octanol–water partition coefficient (Wildman–Crippen LogP) is 0.455. The van der Waals surface area contributed by atoms with Gasteiger partial charge in [0.15, 0.2) is 0 Å². The van der Waals surface area contributed by atoms with Crippen LogP contribution >= 0.6 is 0 Å². The highest BCUT2D eigenvalue weighted by Gasteiger charge is 2.24. The van der Waals surface area contributed by atoms with Gasteiger partial charge < -0.3 is 15.1 Å². The lowest BCUT2D eigenvalue weighted by atomic mass is 9.93. The minimum absolute atomic E-state index is 0.0530. The van der Waals surface area contributed by atoms with Crippen LogP contribution in [-0.2, 0) is 4.79 Å². The number of hydrogen-bond donors (Lipinski definition) is 1. The third-order valence-corrected chi connectivity index (χ3v) is 3.80. The summed E-state index contributed by atoms with van der Waals surface area (Å²) in [5.74, 6) is 0.397. The van der Waals surface area contributed by atoms with Crippen molar-refractivity contribution in [3.8, 4) is 0 Å². The number of nitrogens with one attached hydrogen (secondary N) is 1. The molecule has 0 bridgehead atoms. The molecule has 1 aliphatic carbocycles. The molecule has 1 saturated carbocycles. The average molecular weight is 239 g/mol. The number of nitrogens with zero attached hydrogens (tertiary/aromatic N) is 2. The van der Waals surface area contributed by atoms with Crippen molar-refractivity contribution in [2.45, 2.75) is 31.7 Å². The lowest BCUT2D eigenvalue weighted by Crippen LogP contribution is -2.41. The molecule has 0 spiro atoms. The summed E-state index contributed by atoms with van der Waals surface area (Å²) >= 11 is 0. The van der Waals surface area contributed by atoms with E-state index in [9.17, 15) is 9.59 Å². The van der Waals surface area contributed by atoms with Gasteiger partial charge in [-0.15, -0.1) is 0 Å². The van der Waals surface area contributed by atoms with Crippen LogP contribution in [0.4, 0.5) is 4.79 Å². The molecular weight excluding hydrogens is 218 g/mol. The van der Waals surface area contributed by atoms with Gasteiger partial charge in [-0.3, -0.25) is 4.79 Å². The van der Waals surface area contributed by atoms with Gasteiger partial charge in [0.05, 0.1) is 0 Å². The largest absolute Gasteiger partial charge is 0.336 e. The number of urea groups is 1. The molecular formula is C12H21N3O2. The van der Waals surface area contributed by atoms with Crippen molar-refractivity contribution in [2.24, 2.45) is 0 Å². The highest BCUT2D eigenvalue weighted by atomic mass is 16.2. The molecule has 1 heterocycles. The molecule has 2 amide bonds. The van der Waals surface area contributed by atoms with Crippen LogP contribution in [0.1, 0.15) is 25.7 Å². The summed E-state index contributed by atoms with van der Waals surface area (Å²) in [5.41, 5.74) is 0. The van der Waals surface area contributed by atoms with Gasteiger partial charge in [0.1, 0.15) is 5.78 Å². The van der Waals surface area contributed by atoms with Gasteiger partial charge in [-0.25, -0.2) is 4.79 Å². The molecule has 2 fully saturated rings. The fourth-order valence-electron chi connectivity index (χ4n) is 2.55. The van der Waals surface area contributed by atoms with Gasteiger partial charge in [0, 0.05) is 45.1 Å². The van der Waals surface area contributed by atoms with Crippen LogP contribution in [0.15, 0.2) is 0 Å². The number of hydrogen-bond acceptors (Lipinski definition) is 3. The number of carbonyl (C=O) groups is 2. The first-order valence-electron chi connectivity index (χ1n) is 6.41. The van der Waals surface area contributed by atoms with E-state index in [4.69, 9.17) is 0 Å². The Bertz CT molecular complexity index is 296. The second-order valence-corrected chi connectivity index (χ2v) is 4.97. The fraction of sp³-hybridized carbons (Fsp3) is 0.833. The molecule has 5 heteroatoms. The third-order valence-electron chi connectivity index (χ3n) is 3.80. The van der Waals surface area contributed by atoms with Crippen LogP contribution in [0, 0.1) is 0 Å². The quantitative estimate of drug-likeness (QED) is 0.775. The SMILES string of the molecule is CN(CCN1CCNC1=O)C1CCC(=O)CC1. The molecule has 0 unspecified atom stereocenters. The Kier molecular flexibility index (Phi) is 3.99. The molecule has 0 aromatic rings. The Morgan fingerprint density at radius 1 is 1.35 bits per heavy atom. The van der Waals surface area contributed by atoms with Crippen molar-refractivity contribution in [3.05, 3.63) is 0 Å². The molecule has 2 aliphatic rings. The first-order chi connectivity index (χ1) is 8.16. The molecule has 1 saturated heterocycles. The maximum atomic E-state index is 11.4. The fourth-order valence-corrected chi connectivity index (χ4v) is 2.55. The third kappa shape index (κ3) is 3.19. The Morgan fingerprint density at radius 3 is 2.65 bits per heavy atom. The van der Waals surface area contributed by atoms with Crippen LogP contribution in [0.2, 0.25) is 0 Å². The second-order valence-electron chi connectivity index (χ2n) is 4.97. The molecule has 96 valence electrons. The van der Waals surface area contributed by atoms with Crippen molar-refractivity contribution in [1.82, 2.24) is 15.1 Å². The van der Waals surface area contributed by atoms with Crippen molar-refractivity contribution in [1.29, 1.82) is 0 Å². The van der Waals surface area contributed by atoms with Gasteiger partial charge in [-0.1, -0.05) is 0 Å². The topological polar surface area (TPSA) is 52.6 Å². The number of rotatable bonds is 4. The summed E-state index contributed by atoms with van der Waals surface area (Å²) in [4.78, 5) is 26.7. The summed E-state index contributed by atoms with van der Waals surface area (Å²) in [6.07, 6.45) is 3.39. The van der Waals surface area contributed by atoms with E-state index < -0.39 is 0 Å². The van der Waals surface area contributed by atoms with Crippen LogP contribution < -0.4 is 5.32 Å². The molecule has 0 aromatic carbocycles. The van der Waals surface area contributed by atoms with Crippen LogP contribution in [-0.4, -0.2) is 60.9 Å². The van der Waals surface area contributed by atoms with Gasteiger partial charge in [-0.2, -0.15) is 0 Å². The number of amides is 2. The predicted molar refractivity (Wildman–Crippen MR) is 64.9 cm³/mol. The van der Waals surface area contributed by atoms with Gasteiger partial charge in [-0.05, 0) is 19.9 Å². The average Bonchev–Trinajstić information content (AvgIpc) is 2.73. The minimum atomic E-state index is 0.0530. The van der Waals surface area contributed by atoms with E-state index in [1.807, 2.05) is 4.90 Å². The standard InChI is InChI=1S/C12H21N3O2/c1-14(10-2-4-11(16)5-3-10)8-9-15-7-6-13-12(15)17/h10H,2-9H2,1H3,(H,13,17). The zero-order chi connectivity index (χ0) is 12.3. The van der Waals surface area contributed by atoms with Crippen LogP contribution in [0.5, 0.6) is 0 Å². The van der Waals surface area contributed by atoms with Gasteiger partial charge in [0.25, 0.3) is 0 Å². The van der Waals surface area contributed by atoms with E-state index in [1.54, 1.807) is 0 Å². The van der Waals surface area contributed by atoms with E-state index in [2.05, 4.69) is 17.3 Å². The molecule has 17 heavy (non-hydrogen) atoms. The zero-order valence-corrected chi connectivity index (χ0v) is 10.4. The Hall–Kier alpha value is -1.10. The molecule has 1 N–H and O–H groups in total. The van der Waals surface area contributed by atoms with Crippen LogP contribution in [0.25, 0.3) is 0 Å². The lowest BCUT2D eigenvalue weighted by molar-refractivity contribution is -0.121. The van der Waals surface area contributed by atoms with E-state index in [1.165, 1.54) is 0 Å². The molecule has 5 nitrogen and oxygen atoms in total. The normalized spacial score (nSPS) is 22.4. The van der Waals surface area contributed by atoms with Crippen molar-refractivity contribution in [3.63, 3.8) is 0 Å². The van der Waals surface area contributed by atoms with Gasteiger partial charge in [0.2, 0.25) is 0 Å². The Labute approximate surface area is 102 Å². The first kappa shape index (κ1) is 12.4. The number of carbonyl (C=O) groups excluding carboxylic acids is 2. The van der Waals surface area contributed by atoms with Gasteiger partial charge >= 0.3 is 6.03 Å². The van der Waals surface area contributed by atoms with E-state index in [0.717, 1.165) is 51.9 Å². The molecule has 1 aliphatic heterocycles. The highest BCUT2D eigenvalue weighted by molar-refractivity contribution is 5.79. The zero-order valence-electron chi connectivity index (χ0n) is 10.4. The number of ketones is 1. The monoisotopic (exact) mass is 239 g/mol. The summed E-state index contributed by atoms with van der Waals surface area (Å²) < 4.78 is 0. The molecule has 0 atom stereocenters. The smallest absolute Gasteiger partial charge is 0.317 e. The summed E-state index contributed by atoms with van der Waals surface area (Å²) in [5, 5.41) is 2.80. The maximum absolute atomic E-state index is 11.4. The van der Waals surface area contributed by atoms with E-state index in [-0.39, 0.29) is 6.03 Å². The minimum Gasteiger partial charge on any atom is -0.336 e. The number of Topliss-reactive ketones (excluding diaryl/α,β-unsaturated/α-hetero) is 1. The van der Waals surface area contributed by atoms with Crippen molar-refractivity contribution >= 4 is 11.8 Å². The van der Waals surface area contributed by atoms with Crippen LogP contribution in [0.3, 0.4) is 0 Å². The van der Waals surface area contributed by atoms with E-state index >= 15 is 0 Å². The Morgan fingerprint density at radius 2 is 2.06 bits per heavy atom. The van der Waals surface area contributed by atoms with Crippen molar-refractivity contribution in [2.75, 3.05) is 33.2 Å². The first-order valence-corrected chi connectivity index (χ1v) is 6.41. The summed E-state index contributed by atoms with van der Waals surface area (Å²) in [7, 11) is 2.09. The highest BCUT2D eigenvalue weighted by Crippen LogP contribution is 2.19. The van der Waals surface area contributed by atoms with Crippen molar-refractivity contribution < 1.29 is 9.59 Å². The molecule has 0 radical (unpaired) electrons. The Balaban J connectivity index is 1.71. The summed E-state index contributed by atoms with van der Waals surface area (Å²) in [6.45, 7) is 3.26. The second kappa shape index (κ2) is 5.49.